The Morgan fingerprint density at radius 2 is 2.07 bits per heavy atom. The lowest BCUT2D eigenvalue weighted by Gasteiger charge is -2.54. The zero-order valence-electron chi connectivity index (χ0n) is 16.1. The van der Waals surface area contributed by atoms with Crippen molar-refractivity contribution >= 4 is 5.91 Å². The zero-order chi connectivity index (χ0) is 18.0. The highest BCUT2D eigenvalue weighted by Gasteiger charge is 2.47. The number of H-pyrrole nitrogens is 1. The largest absolute Gasteiger partial charge is 0.330 e. The molecule has 2 aliphatic carbocycles. The quantitative estimate of drug-likeness (QED) is 0.778. The molecule has 2 bridgehead atoms. The molecule has 5 nitrogen and oxygen atoms in total. The zero-order valence-corrected chi connectivity index (χ0v) is 16.1. The predicted molar refractivity (Wildman–Crippen MR) is 104 cm³/mol. The van der Waals surface area contributed by atoms with E-state index in [0.717, 1.165) is 49.9 Å². The molecule has 4 atom stereocenters. The summed E-state index contributed by atoms with van der Waals surface area (Å²) in [5, 5.41) is 7.59. The molecule has 27 heavy (non-hydrogen) atoms. The number of piperidine rings is 3. The van der Waals surface area contributed by atoms with Gasteiger partial charge in [-0.25, -0.2) is 0 Å². The van der Waals surface area contributed by atoms with Crippen LogP contribution in [0.1, 0.15) is 66.7 Å². The minimum Gasteiger partial charge on any atom is -0.330 e. The number of likely N-dealkylation sites (tertiary alicyclic amines) is 1. The molecule has 0 saturated carbocycles. The summed E-state index contributed by atoms with van der Waals surface area (Å²) in [4.78, 5) is 18.5. The predicted octanol–water partition coefficient (Wildman–Crippen LogP) is 2.93. The Balaban J connectivity index is 1.33. The number of amides is 1. The van der Waals surface area contributed by atoms with Gasteiger partial charge in [0.2, 0.25) is 0 Å². The first-order valence-corrected chi connectivity index (χ1v) is 11.1. The first kappa shape index (κ1) is 16.3. The van der Waals surface area contributed by atoms with Gasteiger partial charge in [0.05, 0.1) is 6.04 Å². The summed E-state index contributed by atoms with van der Waals surface area (Å²) < 4.78 is 0. The van der Waals surface area contributed by atoms with Crippen molar-refractivity contribution in [1.29, 1.82) is 0 Å². The number of hydrogen-bond acceptors (Lipinski definition) is 3. The Morgan fingerprint density at radius 1 is 1.11 bits per heavy atom. The number of nitrogens with one attached hydrogen (secondary N) is 1. The molecule has 0 spiro atoms. The molecule has 0 unspecified atom stereocenters. The number of fused-ring (bicyclic) bond motifs is 7. The highest BCUT2D eigenvalue weighted by molar-refractivity contribution is 5.94. The van der Waals surface area contributed by atoms with Crippen LogP contribution in [0.25, 0.3) is 0 Å². The van der Waals surface area contributed by atoms with Crippen molar-refractivity contribution < 1.29 is 4.79 Å². The molecule has 4 heterocycles. The van der Waals surface area contributed by atoms with Gasteiger partial charge in [-0.1, -0.05) is 18.1 Å². The van der Waals surface area contributed by atoms with Gasteiger partial charge in [0.25, 0.3) is 5.91 Å². The molecule has 1 amide bonds. The van der Waals surface area contributed by atoms with Crippen molar-refractivity contribution in [2.24, 2.45) is 11.8 Å². The number of aromatic nitrogens is 2. The van der Waals surface area contributed by atoms with E-state index in [2.05, 4.69) is 26.1 Å². The molecule has 5 aliphatic rings. The maximum Gasteiger partial charge on any atom is 0.275 e. The number of carbonyl (C=O) groups excluding carboxylic acids is 1. The number of hydrogen-bond donors (Lipinski definition) is 1. The second-order valence-corrected chi connectivity index (χ2v) is 9.39. The average molecular weight is 367 g/mol. The van der Waals surface area contributed by atoms with E-state index in [9.17, 15) is 4.79 Å². The normalized spacial score (nSPS) is 35.3. The van der Waals surface area contributed by atoms with Crippen molar-refractivity contribution in [1.82, 2.24) is 20.0 Å². The Morgan fingerprint density at radius 3 is 3.04 bits per heavy atom. The Labute approximate surface area is 161 Å². The number of aromatic amines is 1. The molecule has 5 heteroatoms. The monoisotopic (exact) mass is 366 g/mol. The van der Waals surface area contributed by atoms with Gasteiger partial charge < -0.3 is 4.90 Å². The molecule has 3 fully saturated rings. The van der Waals surface area contributed by atoms with E-state index in [4.69, 9.17) is 0 Å². The van der Waals surface area contributed by atoms with Gasteiger partial charge >= 0.3 is 0 Å². The van der Waals surface area contributed by atoms with Gasteiger partial charge in [0, 0.05) is 30.4 Å². The van der Waals surface area contributed by atoms with E-state index >= 15 is 0 Å². The van der Waals surface area contributed by atoms with Gasteiger partial charge in [-0.3, -0.25) is 14.8 Å². The standard InChI is InChI=1S/C22H30N4O/c27-22(20-17-6-3-7-18(17)23-24-20)26-10-4-5-14-11-15-12-16(21(14)26)13-25-9-2-1-8-19(15)25/h11,15-16,19,21H,1-10,12-13H2,(H,23,24)/t15-,16+,19+,21+/m0/s1. The fourth-order valence-electron chi connectivity index (χ4n) is 6.83. The highest BCUT2D eigenvalue weighted by Crippen LogP contribution is 2.45. The van der Waals surface area contributed by atoms with Crippen LogP contribution >= 0.6 is 0 Å². The topological polar surface area (TPSA) is 52.2 Å². The van der Waals surface area contributed by atoms with E-state index in [1.54, 1.807) is 5.57 Å². The van der Waals surface area contributed by atoms with E-state index < -0.39 is 0 Å². The Kier molecular flexibility index (Phi) is 3.75. The van der Waals surface area contributed by atoms with Crippen LogP contribution in [0.15, 0.2) is 11.6 Å². The van der Waals surface area contributed by atoms with Gasteiger partial charge in [-0.2, -0.15) is 5.10 Å². The second-order valence-electron chi connectivity index (χ2n) is 9.39. The van der Waals surface area contributed by atoms with Crippen molar-refractivity contribution in [2.75, 3.05) is 19.6 Å². The van der Waals surface area contributed by atoms with Crippen molar-refractivity contribution in [3.05, 3.63) is 28.6 Å². The van der Waals surface area contributed by atoms with Crippen molar-refractivity contribution in [2.45, 2.75) is 69.9 Å². The van der Waals surface area contributed by atoms with E-state index in [1.165, 1.54) is 56.5 Å². The van der Waals surface area contributed by atoms with Crippen molar-refractivity contribution in [3.63, 3.8) is 0 Å². The highest BCUT2D eigenvalue weighted by atomic mass is 16.2. The van der Waals surface area contributed by atoms with E-state index in [1.807, 2.05) is 0 Å². The fraction of sp³-hybridized carbons (Fsp3) is 0.727. The SMILES string of the molecule is O=C(c1n[nH]c2c1CCC2)N1CCCC2=C[C@H]3C[C@H](CN4CCCC[C@H]34)[C@@H]21. The van der Waals surface area contributed by atoms with E-state index in [-0.39, 0.29) is 5.91 Å². The minimum atomic E-state index is 0.184. The smallest absolute Gasteiger partial charge is 0.275 e. The summed E-state index contributed by atoms with van der Waals surface area (Å²) in [6.07, 6.45) is 13.5. The van der Waals surface area contributed by atoms with Gasteiger partial charge in [0.1, 0.15) is 0 Å². The lowest BCUT2D eigenvalue weighted by Crippen LogP contribution is -2.60. The molecular weight excluding hydrogens is 336 g/mol. The van der Waals surface area contributed by atoms with Crippen LogP contribution < -0.4 is 0 Å². The van der Waals surface area contributed by atoms with Gasteiger partial charge in [0.15, 0.2) is 5.69 Å². The van der Waals surface area contributed by atoms with Gasteiger partial charge in [-0.05, 0) is 69.7 Å². The molecule has 1 aromatic heterocycles. The molecule has 0 radical (unpaired) electrons. The molecule has 144 valence electrons. The molecular formula is C22H30N4O. The van der Waals surface area contributed by atoms with Crippen LogP contribution in [0, 0.1) is 11.8 Å². The third kappa shape index (κ3) is 2.47. The van der Waals surface area contributed by atoms with Crippen LogP contribution in [0.2, 0.25) is 0 Å². The summed E-state index contributed by atoms with van der Waals surface area (Å²) in [5.41, 5.74) is 4.68. The third-order valence-corrected chi connectivity index (χ3v) is 7.93. The van der Waals surface area contributed by atoms with E-state index in [0.29, 0.717) is 12.0 Å². The van der Waals surface area contributed by atoms with Crippen molar-refractivity contribution in [3.8, 4) is 0 Å². The summed E-state index contributed by atoms with van der Waals surface area (Å²) >= 11 is 0. The molecule has 0 aromatic carbocycles. The molecule has 1 N–H and O–H groups in total. The van der Waals surface area contributed by atoms with Crippen LogP contribution in [0.3, 0.4) is 0 Å². The average Bonchev–Trinajstić information content (AvgIpc) is 3.31. The molecule has 1 aromatic rings. The summed E-state index contributed by atoms with van der Waals surface area (Å²) in [6, 6.07) is 1.09. The fourth-order valence-corrected chi connectivity index (χ4v) is 6.83. The Bertz CT molecular complexity index is 796. The van der Waals surface area contributed by atoms with Crippen LogP contribution in [-0.4, -0.2) is 57.6 Å². The summed E-state index contributed by atoms with van der Waals surface area (Å²) in [5.74, 6) is 1.52. The number of carbonyl (C=O) groups is 1. The lowest BCUT2D eigenvalue weighted by molar-refractivity contribution is 0.00128. The van der Waals surface area contributed by atoms with Crippen LogP contribution in [0.5, 0.6) is 0 Å². The lowest BCUT2D eigenvalue weighted by atomic mass is 9.68. The number of aryl methyl sites for hydroxylation is 1. The van der Waals surface area contributed by atoms with Gasteiger partial charge in [-0.15, -0.1) is 0 Å². The Hall–Kier alpha value is -1.62. The third-order valence-electron chi connectivity index (χ3n) is 7.93. The molecule has 3 saturated heterocycles. The first-order valence-electron chi connectivity index (χ1n) is 11.1. The maximum absolute atomic E-state index is 13.5. The first-order chi connectivity index (χ1) is 13.3. The summed E-state index contributed by atoms with van der Waals surface area (Å²) in [6.45, 7) is 3.34. The second kappa shape index (κ2) is 6.20. The number of nitrogens with zero attached hydrogens (tertiary/aromatic N) is 3. The summed E-state index contributed by atoms with van der Waals surface area (Å²) in [7, 11) is 0. The van der Waals surface area contributed by atoms with Crippen LogP contribution in [-0.2, 0) is 12.8 Å². The maximum atomic E-state index is 13.5. The van der Waals surface area contributed by atoms with Crippen LogP contribution in [0.4, 0.5) is 0 Å². The molecule has 6 rings (SSSR count). The molecule has 3 aliphatic heterocycles. The number of rotatable bonds is 1. The minimum absolute atomic E-state index is 0.184.